The third-order valence-electron chi connectivity index (χ3n) is 2.66. The second-order valence-electron chi connectivity index (χ2n) is 3.97. The predicted octanol–water partition coefficient (Wildman–Crippen LogP) is 1.11. The molecule has 0 fully saturated rings. The lowest BCUT2D eigenvalue weighted by Gasteiger charge is -2.12. The van der Waals surface area contributed by atoms with E-state index >= 15 is 0 Å². The van der Waals surface area contributed by atoms with E-state index in [-0.39, 0.29) is 12.5 Å². The van der Waals surface area contributed by atoms with Crippen LogP contribution in [-0.4, -0.2) is 25.5 Å². The van der Waals surface area contributed by atoms with Crippen molar-refractivity contribution in [3.8, 4) is 6.07 Å². The van der Waals surface area contributed by atoms with Crippen LogP contribution in [0.1, 0.15) is 32.1 Å². The first-order valence-electron chi connectivity index (χ1n) is 5.85. The number of carbonyl (C=O) groups is 1. The standard InChI is InChI=1S/C12H19N3O/c13-7-9-15-12(16)10-14-8-6-11-4-2-1-3-5-11/h4,14H,1-3,5-6,8-10H2,(H,15,16). The fraction of sp³-hybridized carbons (Fsp3) is 0.667. The Bertz CT molecular complexity index is 291. The van der Waals surface area contributed by atoms with Crippen LogP contribution < -0.4 is 10.6 Å². The van der Waals surface area contributed by atoms with E-state index in [1.54, 1.807) is 0 Å². The van der Waals surface area contributed by atoms with Crippen LogP contribution in [0.4, 0.5) is 0 Å². The number of rotatable bonds is 6. The average molecular weight is 221 g/mol. The van der Waals surface area contributed by atoms with E-state index in [0.29, 0.717) is 6.54 Å². The molecule has 0 atom stereocenters. The average Bonchev–Trinajstić information content (AvgIpc) is 2.33. The molecule has 0 aromatic carbocycles. The Kier molecular flexibility index (Phi) is 6.28. The van der Waals surface area contributed by atoms with Crippen LogP contribution >= 0.6 is 0 Å². The van der Waals surface area contributed by atoms with Crippen molar-refractivity contribution in [2.24, 2.45) is 0 Å². The van der Waals surface area contributed by atoms with Crippen LogP contribution in [0.3, 0.4) is 0 Å². The van der Waals surface area contributed by atoms with Gasteiger partial charge in [0.05, 0.1) is 12.6 Å². The number of nitrogens with zero attached hydrogens (tertiary/aromatic N) is 1. The van der Waals surface area contributed by atoms with Crippen LogP contribution in [0.2, 0.25) is 0 Å². The van der Waals surface area contributed by atoms with Crippen molar-refractivity contribution in [2.75, 3.05) is 19.6 Å². The molecule has 16 heavy (non-hydrogen) atoms. The second-order valence-corrected chi connectivity index (χ2v) is 3.97. The maximum absolute atomic E-state index is 11.1. The molecule has 4 heteroatoms. The quantitative estimate of drug-likeness (QED) is 0.401. The van der Waals surface area contributed by atoms with Gasteiger partial charge in [-0.15, -0.1) is 0 Å². The van der Waals surface area contributed by atoms with Crippen molar-refractivity contribution in [2.45, 2.75) is 32.1 Å². The van der Waals surface area contributed by atoms with Gasteiger partial charge in [-0.05, 0) is 38.6 Å². The molecule has 0 aliphatic heterocycles. The predicted molar refractivity (Wildman–Crippen MR) is 62.7 cm³/mol. The highest BCUT2D eigenvalue weighted by atomic mass is 16.1. The zero-order chi connectivity index (χ0) is 11.6. The zero-order valence-electron chi connectivity index (χ0n) is 9.59. The number of nitriles is 1. The van der Waals surface area contributed by atoms with E-state index in [2.05, 4.69) is 16.7 Å². The van der Waals surface area contributed by atoms with Crippen molar-refractivity contribution in [3.63, 3.8) is 0 Å². The number of carbonyl (C=O) groups excluding carboxylic acids is 1. The third-order valence-corrected chi connectivity index (χ3v) is 2.66. The van der Waals surface area contributed by atoms with Crippen molar-refractivity contribution < 1.29 is 4.79 Å². The fourth-order valence-electron chi connectivity index (χ4n) is 1.78. The van der Waals surface area contributed by atoms with Gasteiger partial charge in [-0.2, -0.15) is 5.26 Å². The van der Waals surface area contributed by atoms with Crippen LogP contribution in [-0.2, 0) is 4.79 Å². The normalized spacial score (nSPS) is 15.1. The zero-order valence-corrected chi connectivity index (χ0v) is 9.59. The Labute approximate surface area is 96.7 Å². The van der Waals surface area contributed by atoms with E-state index in [9.17, 15) is 4.79 Å². The molecule has 0 unspecified atom stereocenters. The molecule has 1 amide bonds. The summed E-state index contributed by atoms with van der Waals surface area (Å²) in [7, 11) is 0. The molecule has 1 aliphatic carbocycles. The lowest BCUT2D eigenvalue weighted by molar-refractivity contribution is -0.120. The summed E-state index contributed by atoms with van der Waals surface area (Å²) in [6, 6.07) is 1.87. The van der Waals surface area contributed by atoms with Gasteiger partial charge >= 0.3 is 0 Å². The largest absolute Gasteiger partial charge is 0.342 e. The molecule has 0 aromatic heterocycles. The summed E-state index contributed by atoms with van der Waals surface area (Å²) in [5.74, 6) is -0.112. The van der Waals surface area contributed by atoms with E-state index in [1.807, 2.05) is 6.07 Å². The van der Waals surface area contributed by atoms with Gasteiger partial charge in [-0.1, -0.05) is 11.6 Å². The van der Waals surface area contributed by atoms with Crippen LogP contribution in [0, 0.1) is 11.3 Å². The molecule has 88 valence electrons. The first-order chi connectivity index (χ1) is 7.83. The first-order valence-corrected chi connectivity index (χ1v) is 5.85. The SMILES string of the molecule is N#CCNC(=O)CNCCC1=CCCCC1. The van der Waals surface area contributed by atoms with Gasteiger partial charge in [-0.3, -0.25) is 4.79 Å². The van der Waals surface area contributed by atoms with Crippen molar-refractivity contribution in [3.05, 3.63) is 11.6 Å². The molecule has 0 heterocycles. The second kappa shape index (κ2) is 7.89. The first kappa shape index (κ1) is 12.7. The maximum atomic E-state index is 11.1. The molecule has 2 N–H and O–H groups in total. The van der Waals surface area contributed by atoms with Gasteiger partial charge in [0.25, 0.3) is 0 Å². The molecule has 1 aliphatic rings. The van der Waals surface area contributed by atoms with Gasteiger partial charge in [0.1, 0.15) is 6.54 Å². The Morgan fingerprint density at radius 2 is 2.38 bits per heavy atom. The Morgan fingerprint density at radius 3 is 3.06 bits per heavy atom. The van der Waals surface area contributed by atoms with E-state index in [1.165, 1.54) is 31.3 Å². The lowest BCUT2D eigenvalue weighted by Crippen LogP contribution is -2.34. The number of nitrogens with one attached hydrogen (secondary N) is 2. The molecular formula is C12H19N3O. The molecule has 0 saturated heterocycles. The van der Waals surface area contributed by atoms with Crippen LogP contribution in [0.5, 0.6) is 0 Å². The molecule has 0 saturated carbocycles. The fourth-order valence-corrected chi connectivity index (χ4v) is 1.78. The van der Waals surface area contributed by atoms with E-state index in [0.717, 1.165) is 13.0 Å². The molecular weight excluding hydrogens is 202 g/mol. The van der Waals surface area contributed by atoms with Crippen LogP contribution in [0.15, 0.2) is 11.6 Å². The van der Waals surface area contributed by atoms with E-state index in [4.69, 9.17) is 5.26 Å². The number of allylic oxidation sites excluding steroid dienone is 1. The Hall–Kier alpha value is -1.34. The third kappa shape index (κ3) is 5.52. The molecule has 0 aromatic rings. The lowest BCUT2D eigenvalue weighted by atomic mass is 9.97. The summed E-state index contributed by atoms with van der Waals surface area (Å²) in [6.07, 6.45) is 8.38. The number of hydrogen-bond acceptors (Lipinski definition) is 3. The van der Waals surface area contributed by atoms with Gasteiger partial charge in [0, 0.05) is 0 Å². The van der Waals surface area contributed by atoms with Crippen molar-refractivity contribution in [1.29, 1.82) is 5.26 Å². The summed E-state index contributed by atoms with van der Waals surface area (Å²) in [4.78, 5) is 11.1. The Morgan fingerprint density at radius 1 is 1.50 bits per heavy atom. The van der Waals surface area contributed by atoms with Gasteiger partial charge in [0.2, 0.25) is 5.91 Å². The van der Waals surface area contributed by atoms with Crippen molar-refractivity contribution in [1.82, 2.24) is 10.6 Å². The molecule has 0 radical (unpaired) electrons. The van der Waals surface area contributed by atoms with Crippen LogP contribution in [0.25, 0.3) is 0 Å². The minimum absolute atomic E-state index is 0.0890. The maximum Gasteiger partial charge on any atom is 0.234 e. The topological polar surface area (TPSA) is 64.9 Å². The monoisotopic (exact) mass is 221 g/mol. The molecule has 0 bridgehead atoms. The molecule has 1 rings (SSSR count). The molecule has 4 nitrogen and oxygen atoms in total. The van der Waals surface area contributed by atoms with Gasteiger partial charge < -0.3 is 10.6 Å². The van der Waals surface area contributed by atoms with E-state index < -0.39 is 0 Å². The number of hydrogen-bond donors (Lipinski definition) is 2. The summed E-state index contributed by atoms with van der Waals surface area (Å²) in [5, 5.41) is 13.8. The summed E-state index contributed by atoms with van der Waals surface area (Å²) < 4.78 is 0. The highest BCUT2D eigenvalue weighted by Crippen LogP contribution is 2.19. The van der Waals surface area contributed by atoms with Gasteiger partial charge in [-0.25, -0.2) is 0 Å². The minimum Gasteiger partial charge on any atom is -0.342 e. The summed E-state index contributed by atoms with van der Waals surface area (Å²) >= 11 is 0. The van der Waals surface area contributed by atoms with Gasteiger partial charge in [0.15, 0.2) is 0 Å². The number of amides is 1. The molecule has 0 spiro atoms. The summed E-state index contributed by atoms with van der Waals surface area (Å²) in [6.45, 7) is 1.23. The minimum atomic E-state index is -0.112. The highest BCUT2D eigenvalue weighted by Gasteiger charge is 2.03. The Balaban J connectivity index is 2.01. The smallest absolute Gasteiger partial charge is 0.234 e. The highest BCUT2D eigenvalue weighted by molar-refractivity contribution is 5.78. The summed E-state index contributed by atoms with van der Waals surface area (Å²) in [5.41, 5.74) is 1.51. The van der Waals surface area contributed by atoms with Crippen molar-refractivity contribution >= 4 is 5.91 Å².